The molecule has 1 amide bonds. The number of fused-ring (bicyclic) bond motifs is 1. The molecule has 2 aromatic rings. The van der Waals surface area contributed by atoms with E-state index in [1.165, 1.54) is 5.56 Å². The van der Waals surface area contributed by atoms with E-state index in [9.17, 15) is 4.79 Å². The zero-order valence-electron chi connectivity index (χ0n) is 11.2. The van der Waals surface area contributed by atoms with Gasteiger partial charge in [-0.25, -0.2) is 0 Å². The Labute approximate surface area is 136 Å². The number of benzene rings is 2. The molecule has 0 aromatic heterocycles. The summed E-state index contributed by atoms with van der Waals surface area (Å²) in [7, 11) is 0. The predicted octanol–water partition coefficient (Wildman–Crippen LogP) is 4.10. The van der Waals surface area contributed by atoms with Crippen molar-refractivity contribution in [3.05, 3.63) is 62.6 Å². The van der Waals surface area contributed by atoms with E-state index in [1.807, 2.05) is 18.2 Å². The van der Waals surface area contributed by atoms with E-state index >= 15 is 0 Å². The summed E-state index contributed by atoms with van der Waals surface area (Å²) in [5.41, 5.74) is 9.49. The van der Waals surface area contributed by atoms with Crippen LogP contribution < -0.4 is 11.1 Å². The molecule has 1 aliphatic carbocycles. The van der Waals surface area contributed by atoms with Gasteiger partial charge in [0.1, 0.15) is 0 Å². The number of nitrogens with two attached hydrogens (primary N) is 1. The average molecular weight is 366 g/mol. The van der Waals surface area contributed by atoms with E-state index < -0.39 is 0 Å². The van der Waals surface area contributed by atoms with Crippen LogP contribution in [-0.2, 0) is 6.42 Å². The lowest BCUT2D eigenvalue weighted by molar-refractivity contribution is 0.0936. The van der Waals surface area contributed by atoms with Crippen molar-refractivity contribution in [1.82, 2.24) is 5.32 Å². The lowest BCUT2D eigenvalue weighted by atomic mass is 10.1. The summed E-state index contributed by atoms with van der Waals surface area (Å²) >= 11 is 9.35. The first-order chi connectivity index (χ1) is 10.0. The van der Waals surface area contributed by atoms with Crippen molar-refractivity contribution in [1.29, 1.82) is 0 Å². The second kappa shape index (κ2) is 5.70. The molecule has 21 heavy (non-hydrogen) atoms. The summed E-state index contributed by atoms with van der Waals surface area (Å²) in [5.74, 6) is -0.112. The first-order valence-electron chi connectivity index (χ1n) is 6.69. The van der Waals surface area contributed by atoms with Gasteiger partial charge in [0, 0.05) is 15.7 Å². The van der Waals surface area contributed by atoms with Crippen LogP contribution in [0.4, 0.5) is 5.69 Å². The van der Waals surface area contributed by atoms with Gasteiger partial charge in [0.25, 0.3) is 5.91 Å². The first-order valence-corrected chi connectivity index (χ1v) is 7.86. The number of nitrogens with one attached hydrogen (secondary N) is 1. The highest BCUT2D eigenvalue weighted by Gasteiger charge is 2.24. The standard InChI is InChI=1S/C16H14BrClN2O/c17-13-5-1-10(8-14(13)18)16(21)20-15-6-2-9-7-11(19)3-4-12(9)15/h1,3-5,7-8,15H,2,6,19H2,(H,20,21). The van der Waals surface area contributed by atoms with Gasteiger partial charge in [-0.05, 0) is 70.2 Å². The van der Waals surface area contributed by atoms with Crippen molar-refractivity contribution >= 4 is 39.1 Å². The number of hydrogen-bond acceptors (Lipinski definition) is 2. The van der Waals surface area contributed by atoms with Crippen LogP contribution in [0.2, 0.25) is 5.02 Å². The van der Waals surface area contributed by atoms with E-state index in [4.69, 9.17) is 17.3 Å². The minimum atomic E-state index is -0.112. The van der Waals surface area contributed by atoms with Gasteiger partial charge in [0.15, 0.2) is 0 Å². The van der Waals surface area contributed by atoms with Crippen LogP contribution in [0.25, 0.3) is 0 Å². The van der Waals surface area contributed by atoms with Crippen molar-refractivity contribution in [2.24, 2.45) is 0 Å². The van der Waals surface area contributed by atoms with Crippen LogP contribution in [0.3, 0.4) is 0 Å². The third-order valence-corrected chi connectivity index (χ3v) is 4.96. The number of rotatable bonds is 2. The van der Waals surface area contributed by atoms with Gasteiger partial charge < -0.3 is 11.1 Å². The number of nitrogen functional groups attached to an aromatic ring is 1. The molecule has 3 rings (SSSR count). The summed E-state index contributed by atoms with van der Waals surface area (Å²) in [6, 6.07) is 11.1. The molecule has 108 valence electrons. The van der Waals surface area contributed by atoms with Crippen LogP contribution in [0.15, 0.2) is 40.9 Å². The summed E-state index contributed by atoms with van der Waals surface area (Å²) in [6.45, 7) is 0. The quantitative estimate of drug-likeness (QED) is 0.787. The number of amides is 1. The van der Waals surface area contributed by atoms with Gasteiger partial charge in [-0.2, -0.15) is 0 Å². The molecule has 0 spiro atoms. The fourth-order valence-corrected chi connectivity index (χ4v) is 3.09. The number of carbonyl (C=O) groups is 1. The third kappa shape index (κ3) is 2.92. The molecule has 3 nitrogen and oxygen atoms in total. The van der Waals surface area contributed by atoms with Crippen molar-refractivity contribution in [3.8, 4) is 0 Å². The number of anilines is 1. The van der Waals surface area contributed by atoms with E-state index in [0.717, 1.165) is 28.6 Å². The smallest absolute Gasteiger partial charge is 0.251 e. The number of halogens is 2. The minimum absolute atomic E-state index is 0.0375. The van der Waals surface area contributed by atoms with Gasteiger partial charge in [0.2, 0.25) is 0 Å². The molecule has 1 unspecified atom stereocenters. The summed E-state index contributed by atoms with van der Waals surface area (Å²) in [6.07, 6.45) is 1.83. The van der Waals surface area contributed by atoms with E-state index in [1.54, 1.807) is 18.2 Å². The maximum atomic E-state index is 12.3. The molecule has 0 radical (unpaired) electrons. The molecule has 1 atom stereocenters. The Morgan fingerprint density at radius 2 is 2.10 bits per heavy atom. The second-order valence-electron chi connectivity index (χ2n) is 5.15. The summed E-state index contributed by atoms with van der Waals surface area (Å²) in [5, 5.41) is 3.59. The summed E-state index contributed by atoms with van der Waals surface area (Å²) < 4.78 is 0.780. The largest absolute Gasteiger partial charge is 0.399 e. The SMILES string of the molecule is Nc1ccc2c(c1)CCC2NC(=O)c1ccc(Br)c(Cl)c1. The number of carbonyl (C=O) groups excluding carboxylic acids is 1. The van der Waals surface area contributed by atoms with Gasteiger partial charge in [-0.15, -0.1) is 0 Å². The van der Waals surface area contributed by atoms with Crippen molar-refractivity contribution in [3.63, 3.8) is 0 Å². The average Bonchev–Trinajstić information content (AvgIpc) is 2.84. The fourth-order valence-electron chi connectivity index (χ4n) is 2.67. The normalized spacial score (nSPS) is 16.6. The Morgan fingerprint density at radius 1 is 1.29 bits per heavy atom. The number of aryl methyl sites for hydroxylation is 1. The summed E-state index contributed by atoms with van der Waals surface area (Å²) in [4.78, 5) is 12.3. The maximum absolute atomic E-state index is 12.3. The molecule has 0 saturated carbocycles. The first kappa shape index (κ1) is 14.4. The molecule has 0 fully saturated rings. The molecule has 0 bridgehead atoms. The topological polar surface area (TPSA) is 55.1 Å². The Bertz CT molecular complexity index is 717. The van der Waals surface area contributed by atoms with E-state index in [2.05, 4.69) is 21.2 Å². The zero-order chi connectivity index (χ0) is 15.0. The Hall–Kier alpha value is -1.52. The highest BCUT2D eigenvalue weighted by atomic mass is 79.9. The number of hydrogen-bond donors (Lipinski definition) is 2. The minimum Gasteiger partial charge on any atom is -0.399 e. The molecular weight excluding hydrogens is 352 g/mol. The van der Waals surface area contributed by atoms with Crippen molar-refractivity contribution in [2.45, 2.75) is 18.9 Å². The van der Waals surface area contributed by atoms with Crippen LogP contribution in [0.1, 0.15) is 33.9 Å². The highest BCUT2D eigenvalue weighted by molar-refractivity contribution is 9.10. The van der Waals surface area contributed by atoms with Gasteiger partial charge in [-0.1, -0.05) is 17.7 Å². The van der Waals surface area contributed by atoms with Crippen molar-refractivity contribution < 1.29 is 4.79 Å². The molecule has 1 aliphatic rings. The van der Waals surface area contributed by atoms with Gasteiger partial charge >= 0.3 is 0 Å². The molecule has 3 N–H and O–H groups in total. The fraction of sp³-hybridized carbons (Fsp3) is 0.188. The molecule has 5 heteroatoms. The zero-order valence-corrected chi connectivity index (χ0v) is 13.5. The lowest BCUT2D eigenvalue weighted by Gasteiger charge is -2.14. The predicted molar refractivity (Wildman–Crippen MR) is 88.5 cm³/mol. The van der Waals surface area contributed by atoms with E-state index in [0.29, 0.717) is 10.6 Å². The maximum Gasteiger partial charge on any atom is 0.251 e. The molecular formula is C16H14BrClN2O. The van der Waals surface area contributed by atoms with Gasteiger partial charge in [0.05, 0.1) is 11.1 Å². The third-order valence-electron chi connectivity index (χ3n) is 3.73. The molecule has 0 saturated heterocycles. The Balaban J connectivity index is 1.79. The van der Waals surface area contributed by atoms with E-state index in [-0.39, 0.29) is 11.9 Å². The Kier molecular flexibility index (Phi) is 3.91. The molecule has 0 heterocycles. The molecule has 2 aromatic carbocycles. The van der Waals surface area contributed by atoms with Crippen molar-refractivity contribution in [2.75, 3.05) is 5.73 Å². The Morgan fingerprint density at radius 3 is 2.86 bits per heavy atom. The van der Waals surface area contributed by atoms with Crippen LogP contribution in [0.5, 0.6) is 0 Å². The molecule has 0 aliphatic heterocycles. The van der Waals surface area contributed by atoms with Crippen LogP contribution >= 0.6 is 27.5 Å². The lowest BCUT2D eigenvalue weighted by Crippen LogP contribution is -2.27. The van der Waals surface area contributed by atoms with Gasteiger partial charge in [-0.3, -0.25) is 4.79 Å². The van der Waals surface area contributed by atoms with Crippen LogP contribution in [0, 0.1) is 0 Å². The van der Waals surface area contributed by atoms with Crippen LogP contribution in [-0.4, -0.2) is 5.91 Å². The highest BCUT2D eigenvalue weighted by Crippen LogP contribution is 2.32. The monoisotopic (exact) mass is 364 g/mol. The second-order valence-corrected chi connectivity index (χ2v) is 6.41.